The lowest BCUT2D eigenvalue weighted by molar-refractivity contribution is 0.0604. The van der Waals surface area contributed by atoms with Crippen LogP contribution in [-0.4, -0.2) is 58.0 Å². The number of piperazine rings is 1. The number of fused-ring (bicyclic) bond motifs is 1. The zero-order valence-corrected chi connectivity index (χ0v) is 16.0. The number of hydrogen-bond donors (Lipinski definition) is 0. The van der Waals surface area contributed by atoms with Crippen LogP contribution < -0.4 is 0 Å². The molecule has 27 heavy (non-hydrogen) atoms. The Bertz CT molecular complexity index is 886. The maximum absolute atomic E-state index is 12.7. The normalized spacial score (nSPS) is 15.7. The summed E-state index contributed by atoms with van der Waals surface area (Å²) in [7, 11) is 0. The fraction of sp³-hybridized carbons (Fsp3) is 0.429. The molecule has 0 unspecified atom stereocenters. The molecule has 1 aliphatic heterocycles. The van der Waals surface area contributed by atoms with Crippen LogP contribution in [-0.2, 0) is 6.54 Å². The molecule has 3 heterocycles. The van der Waals surface area contributed by atoms with Crippen LogP contribution in [0.15, 0.2) is 47.1 Å². The second kappa shape index (κ2) is 7.56. The predicted octanol–water partition coefficient (Wildman–Crippen LogP) is 3.21. The molecule has 142 valence electrons. The van der Waals surface area contributed by atoms with E-state index >= 15 is 0 Å². The van der Waals surface area contributed by atoms with Crippen LogP contribution >= 0.6 is 0 Å². The second-order valence-corrected chi connectivity index (χ2v) is 7.42. The zero-order chi connectivity index (χ0) is 18.8. The van der Waals surface area contributed by atoms with Gasteiger partial charge >= 0.3 is 0 Å². The van der Waals surface area contributed by atoms with Crippen molar-refractivity contribution in [3.8, 4) is 0 Å². The van der Waals surface area contributed by atoms with Gasteiger partial charge < -0.3 is 13.9 Å². The first-order valence-electron chi connectivity index (χ1n) is 9.63. The van der Waals surface area contributed by atoms with Crippen LogP contribution in [0.2, 0.25) is 0 Å². The molecule has 3 aromatic rings. The quantitative estimate of drug-likeness (QED) is 0.696. The lowest BCUT2D eigenvalue weighted by Crippen LogP contribution is -2.49. The topological polar surface area (TPSA) is 54.5 Å². The largest absolute Gasteiger partial charge is 0.451 e. The molecule has 0 saturated carbocycles. The molecule has 1 aromatic carbocycles. The van der Waals surface area contributed by atoms with Crippen LogP contribution in [0.25, 0.3) is 11.0 Å². The van der Waals surface area contributed by atoms with Gasteiger partial charge in [-0.15, -0.1) is 0 Å². The number of furan rings is 1. The second-order valence-electron chi connectivity index (χ2n) is 7.42. The molecule has 0 radical (unpaired) electrons. The maximum atomic E-state index is 12.7. The van der Waals surface area contributed by atoms with Gasteiger partial charge in [-0.25, -0.2) is 4.98 Å². The van der Waals surface area contributed by atoms with Crippen LogP contribution in [0, 0.1) is 0 Å². The van der Waals surface area contributed by atoms with Gasteiger partial charge in [0.2, 0.25) is 0 Å². The highest BCUT2D eigenvalue weighted by atomic mass is 16.3. The standard InChI is InChI=1S/C21H26N4O2/c1-16(2)20-22-7-8-24(20)12-9-23-10-13-25(14-11-23)21(26)19-15-17-5-3-4-6-18(17)27-19/h3-8,15-16H,9-14H2,1-2H3. The Hall–Kier alpha value is -2.60. The summed E-state index contributed by atoms with van der Waals surface area (Å²) in [6.45, 7) is 9.49. The van der Waals surface area contributed by atoms with Gasteiger partial charge in [-0.3, -0.25) is 9.69 Å². The highest BCUT2D eigenvalue weighted by Crippen LogP contribution is 2.20. The van der Waals surface area contributed by atoms with Gasteiger partial charge in [-0.05, 0) is 12.1 Å². The lowest BCUT2D eigenvalue weighted by atomic mass is 10.2. The fourth-order valence-electron chi connectivity index (χ4n) is 3.68. The molecule has 0 N–H and O–H groups in total. The number of aromatic nitrogens is 2. The van der Waals surface area contributed by atoms with Crippen molar-refractivity contribution in [3.63, 3.8) is 0 Å². The fourth-order valence-corrected chi connectivity index (χ4v) is 3.68. The van der Waals surface area contributed by atoms with E-state index in [4.69, 9.17) is 4.42 Å². The van der Waals surface area contributed by atoms with Crippen molar-refractivity contribution < 1.29 is 9.21 Å². The van der Waals surface area contributed by atoms with E-state index in [1.807, 2.05) is 41.4 Å². The molecule has 0 aliphatic carbocycles. The SMILES string of the molecule is CC(C)c1nccn1CCN1CCN(C(=O)c2cc3ccccc3o2)CC1. The Kier molecular flexibility index (Phi) is 4.99. The van der Waals surface area contributed by atoms with Crippen molar-refractivity contribution >= 4 is 16.9 Å². The highest BCUT2D eigenvalue weighted by Gasteiger charge is 2.24. The van der Waals surface area contributed by atoms with E-state index in [2.05, 4.69) is 34.5 Å². The number of benzene rings is 1. The Morgan fingerprint density at radius 3 is 2.67 bits per heavy atom. The summed E-state index contributed by atoms with van der Waals surface area (Å²) < 4.78 is 7.96. The molecular formula is C21H26N4O2. The van der Waals surface area contributed by atoms with E-state index in [0.29, 0.717) is 11.7 Å². The van der Waals surface area contributed by atoms with E-state index in [0.717, 1.165) is 56.1 Å². The third kappa shape index (κ3) is 3.76. The van der Waals surface area contributed by atoms with Gasteiger partial charge in [0.1, 0.15) is 11.4 Å². The monoisotopic (exact) mass is 366 g/mol. The van der Waals surface area contributed by atoms with Crippen molar-refractivity contribution in [2.45, 2.75) is 26.3 Å². The molecule has 6 heteroatoms. The average molecular weight is 366 g/mol. The average Bonchev–Trinajstić information content (AvgIpc) is 3.33. The van der Waals surface area contributed by atoms with Crippen molar-refractivity contribution in [3.05, 3.63) is 54.3 Å². The first-order chi connectivity index (χ1) is 13.1. The molecule has 1 saturated heterocycles. The number of nitrogens with zero attached hydrogens (tertiary/aromatic N) is 4. The van der Waals surface area contributed by atoms with E-state index in [1.54, 1.807) is 0 Å². The number of hydrogen-bond acceptors (Lipinski definition) is 4. The Balaban J connectivity index is 1.32. The molecule has 1 aliphatic rings. The summed E-state index contributed by atoms with van der Waals surface area (Å²) in [5.41, 5.74) is 0.765. The number of rotatable bonds is 5. The smallest absolute Gasteiger partial charge is 0.289 e. The number of carbonyl (C=O) groups is 1. The van der Waals surface area contributed by atoms with Gasteiger partial charge in [0.25, 0.3) is 5.91 Å². The molecule has 4 rings (SSSR count). The Labute approximate surface area is 159 Å². The van der Waals surface area contributed by atoms with Gasteiger partial charge in [-0.2, -0.15) is 0 Å². The first kappa shape index (κ1) is 17.8. The summed E-state index contributed by atoms with van der Waals surface area (Å²) in [5.74, 6) is 1.99. The third-order valence-corrected chi connectivity index (χ3v) is 5.22. The van der Waals surface area contributed by atoms with Crippen molar-refractivity contribution in [1.82, 2.24) is 19.4 Å². The van der Waals surface area contributed by atoms with Crippen molar-refractivity contribution in [1.29, 1.82) is 0 Å². The summed E-state index contributed by atoms with van der Waals surface area (Å²) >= 11 is 0. The zero-order valence-electron chi connectivity index (χ0n) is 16.0. The van der Waals surface area contributed by atoms with Crippen LogP contribution in [0.3, 0.4) is 0 Å². The summed E-state index contributed by atoms with van der Waals surface area (Å²) in [4.78, 5) is 21.5. The minimum absolute atomic E-state index is 0.0115. The van der Waals surface area contributed by atoms with E-state index in [1.165, 1.54) is 0 Å². The summed E-state index contributed by atoms with van der Waals surface area (Å²) in [6.07, 6.45) is 3.93. The molecule has 1 amide bonds. The predicted molar refractivity (Wildman–Crippen MR) is 105 cm³/mol. The molecule has 2 aromatic heterocycles. The van der Waals surface area contributed by atoms with Gasteiger partial charge in [0, 0.05) is 63.0 Å². The molecule has 0 spiro atoms. The Morgan fingerprint density at radius 1 is 1.15 bits per heavy atom. The van der Waals surface area contributed by atoms with Crippen LogP contribution in [0.1, 0.15) is 36.1 Å². The van der Waals surface area contributed by atoms with Crippen LogP contribution in [0.4, 0.5) is 0 Å². The molecular weight excluding hydrogens is 340 g/mol. The first-order valence-corrected chi connectivity index (χ1v) is 9.63. The third-order valence-electron chi connectivity index (χ3n) is 5.22. The molecule has 1 fully saturated rings. The number of para-hydroxylation sites is 1. The summed E-state index contributed by atoms with van der Waals surface area (Å²) in [5, 5.41) is 0.973. The molecule has 0 bridgehead atoms. The van der Waals surface area contributed by atoms with E-state index < -0.39 is 0 Å². The van der Waals surface area contributed by atoms with Crippen molar-refractivity contribution in [2.75, 3.05) is 32.7 Å². The van der Waals surface area contributed by atoms with Crippen LogP contribution in [0.5, 0.6) is 0 Å². The Morgan fingerprint density at radius 2 is 1.93 bits per heavy atom. The lowest BCUT2D eigenvalue weighted by Gasteiger charge is -2.34. The number of carbonyl (C=O) groups excluding carboxylic acids is 1. The van der Waals surface area contributed by atoms with E-state index in [9.17, 15) is 4.79 Å². The van der Waals surface area contributed by atoms with Gasteiger partial charge in [0.15, 0.2) is 5.76 Å². The van der Waals surface area contributed by atoms with E-state index in [-0.39, 0.29) is 5.91 Å². The maximum Gasteiger partial charge on any atom is 0.289 e. The molecule has 6 nitrogen and oxygen atoms in total. The van der Waals surface area contributed by atoms with Gasteiger partial charge in [0.05, 0.1) is 0 Å². The minimum atomic E-state index is -0.0115. The number of amides is 1. The minimum Gasteiger partial charge on any atom is -0.451 e. The van der Waals surface area contributed by atoms with Gasteiger partial charge in [-0.1, -0.05) is 32.0 Å². The summed E-state index contributed by atoms with van der Waals surface area (Å²) in [6, 6.07) is 9.58. The molecule has 0 atom stereocenters. The number of imidazole rings is 1. The highest BCUT2D eigenvalue weighted by molar-refractivity contribution is 5.96. The van der Waals surface area contributed by atoms with Crippen molar-refractivity contribution in [2.24, 2.45) is 0 Å².